The molecule has 0 fully saturated rings. The van der Waals surface area contributed by atoms with Crippen molar-refractivity contribution in [1.82, 2.24) is 16.0 Å². The van der Waals surface area contributed by atoms with Crippen LogP contribution in [0.25, 0.3) is 0 Å². The van der Waals surface area contributed by atoms with Gasteiger partial charge in [-0.05, 0) is 18.8 Å². The molecule has 0 bridgehead atoms. The number of hydrogen-bond acceptors (Lipinski definition) is 8. The number of aliphatic imine (C=N–C) groups is 1. The number of rotatable bonds is 14. The average Bonchev–Trinajstić information content (AvgIpc) is 2.70. The Hall–Kier alpha value is -2.97. The Bertz CT molecular complexity index is 653. The fourth-order valence-electron chi connectivity index (χ4n) is 2.37. The van der Waals surface area contributed by atoms with Gasteiger partial charge in [-0.1, -0.05) is 13.8 Å². The van der Waals surface area contributed by atoms with Gasteiger partial charge in [0, 0.05) is 6.54 Å². The minimum Gasteiger partial charge on any atom is -0.480 e. The number of nitrogens with one attached hydrogen (secondary N) is 3. The van der Waals surface area contributed by atoms with Gasteiger partial charge in [-0.25, -0.2) is 4.79 Å². The second-order valence-electron chi connectivity index (χ2n) is 7.11. The first-order valence-corrected chi connectivity index (χ1v) is 9.61. The summed E-state index contributed by atoms with van der Waals surface area (Å²) >= 11 is 0. The number of aliphatic carboxylic acids is 1. The molecule has 0 aromatic rings. The molecule has 0 aliphatic carbocycles. The summed E-state index contributed by atoms with van der Waals surface area (Å²) in [6.45, 7) is 1.97. The Labute approximate surface area is 179 Å². The minimum absolute atomic E-state index is 0.00761. The van der Waals surface area contributed by atoms with Crippen LogP contribution in [0.3, 0.4) is 0 Å². The van der Waals surface area contributed by atoms with Gasteiger partial charge in [-0.3, -0.25) is 19.4 Å². The third-order valence-corrected chi connectivity index (χ3v) is 4.16. The number of carbonyl (C=O) groups excluding carboxylic acids is 3. The number of nitrogens with two attached hydrogens (primary N) is 3. The molecule has 0 heterocycles. The van der Waals surface area contributed by atoms with Crippen molar-refractivity contribution >= 4 is 29.7 Å². The summed E-state index contributed by atoms with van der Waals surface area (Å²) in [6.07, 6.45) is 0.269. The largest absolute Gasteiger partial charge is 0.480 e. The molecule has 0 radical (unpaired) electrons. The van der Waals surface area contributed by atoms with Gasteiger partial charge in [0.2, 0.25) is 17.7 Å². The molecule has 0 saturated heterocycles. The van der Waals surface area contributed by atoms with Crippen molar-refractivity contribution in [2.45, 2.75) is 50.9 Å². The highest BCUT2D eigenvalue weighted by Gasteiger charge is 2.31. The van der Waals surface area contributed by atoms with E-state index in [2.05, 4.69) is 20.9 Å². The van der Waals surface area contributed by atoms with E-state index in [1.807, 2.05) is 0 Å². The predicted octanol–water partition coefficient (Wildman–Crippen LogP) is -4.45. The molecule has 0 spiro atoms. The first kappa shape index (κ1) is 28.0. The van der Waals surface area contributed by atoms with Gasteiger partial charge in [0.25, 0.3) is 0 Å². The molecule has 178 valence electrons. The molecule has 3 amide bonds. The Morgan fingerprint density at radius 3 is 1.94 bits per heavy atom. The Balaban J connectivity index is 5.07. The fraction of sp³-hybridized carbons (Fsp3) is 0.706. The van der Waals surface area contributed by atoms with Gasteiger partial charge < -0.3 is 48.5 Å². The van der Waals surface area contributed by atoms with E-state index in [-0.39, 0.29) is 25.3 Å². The molecule has 0 aromatic carbocycles. The molecule has 0 saturated carbocycles. The van der Waals surface area contributed by atoms with Crippen LogP contribution >= 0.6 is 0 Å². The van der Waals surface area contributed by atoms with Crippen LogP contribution in [-0.2, 0) is 19.2 Å². The predicted molar refractivity (Wildman–Crippen MR) is 110 cm³/mol. The molecule has 14 heteroatoms. The zero-order valence-corrected chi connectivity index (χ0v) is 17.6. The summed E-state index contributed by atoms with van der Waals surface area (Å²) in [5, 5.41) is 34.6. The smallest absolute Gasteiger partial charge is 0.326 e. The summed E-state index contributed by atoms with van der Waals surface area (Å²) in [5.41, 5.74) is 15.8. The average molecular weight is 447 g/mol. The second-order valence-corrected chi connectivity index (χ2v) is 7.11. The van der Waals surface area contributed by atoms with Gasteiger partial charge in [0.1, 0.15) is 24.2 Å². The van der Waals surface area contributed by atoms with E-state index in [1.54, 1.807) is 13.8 Å². The van der Waals surface area contributed by atoms with Crippen molar-refractivity contribution in [3.8, 4) is 0 Å². The standard InChI is InChI=1S/C17H33N7O7/c1-8(2)12(24-13(27)9(18)6-25)15(29)23-11(7-26)14(28)22-10(16(30)31)4-3-5-21-17(19)20/h8-12,25-26H,3-7,18H2,1-2H3,(H,22,28)(H,23,29)(H,24,27)(H,30,31)(H4,19,20,21). The molecule has 0 aromatic heterocycles. The Kier molecular flexibility index (Phi) is 12.8. The lowest BCUT2D eigenvalue weighted by molar-refractivity contribution is -0.142. The first-order valence-electron chi connectivity index (χ1n) is 9.61. The van der Waals surface area contributed by atoms with Crippen LogP contribution in [0.4, 0.5) is 0 Å². The van der Waals surface area contributed by atoms with Gasteiger partial charge in [-0.15, -0.1) is 0 Å². The van der Waals surface area contributed by atoms with Crippen molar-refractivity contribution in [3.05, 3.63) is 0 Å². The maximum Gasteiger partial charge on any atom is 0.326 e. The van der Waals surface area contributed by atoms with E-state index in [0.29, 0.717) is 0 Å². The fourth-order valence-corrected chi connectivity index (χ4v) is 2.37. The lowest BCUT2D eigenvalue weighted by Gasteiger charge is -2.26. The lowest BCUT2D eigenvalue weighted by atomic mass is 10.0. The van der Waals surface area contributed by atoms with Crippen LogP contribution in [0.2, 0.25) is 0 Å². The van der Waals surface area contributed by atoms with Crippen LogP contribution < -0.4 is 33.2 Å². The number of nitrogens with zero attached hydrogens (tertiary/aromatic N) is 1. The number of carbonyl (C=O) groups is 4. The van der Waals surface area contributed by atoms with Crippen LogP contribution in [0.1, 0.15) is 26.7 Å². The summed E-state index contributed by atoms with van der Waals surface area (Å²) in [4.78, 5) is 51.9. The van der Waals surface area contributed by atoms with Gasteiger partial charge >= 0.3 is 5.97 Å². The number of amides is 3. The van der Waals surface area contributed by atoms with Crippen LogP contribution in [-0.4, -0.2) is 88.9 Å². The molecule has 0 rings (SSSR count). The molecule has 4 unspecified atom stereocenters. The zero-order valence-electron chi connectivity index (χ0n) is 17.6. The summed E-state index contributed by atoms with van der Waals surface area (Å²) < 4.78 is 0. The van der Waals surface area contributed by atoms with Crippen LogP contribution in [0, 0.1) is 5.92 Å². The van der Waals surface area contributed by atoms with E-state index in [9.17, 15) is 29.4 Å². The topological polar surface area (TPSA) is 255 Å². The number of aliphatic hydroxyl groups excluding tert-OH is 2. The number of hydrogen-bond donors (Lipinski definition) is 9. The highest BCUT2D eigenvalue weighted by Crippen LogP contribution is 2.04. The van der Waals surface area contributed by atoms with Crippen molar-refractivity contribution in [2.24, 2.45) is 28.1 Å². The van der Waals surface area contributed by atoms with Gasteiger partial charge in [-0.2, -0.15) is 0 Å². The van der Waals surface area contributed by atoms with Gasteiger partial charge in [0.15, 0.2) is 5.96 Å². The number of carboxylic acids is 1. The summed E-state index contributed by atoms with van der Waals surface area (Å²) in [7, 11) is 0. The lowest BCUT2D eigenvalue weighted by Crippen LogP contribution is -2.59. The first-order chi connectivity index (χ1) is 14.4. The van der Waals surface area contributed by atoms with Crippen LogP contribution in [0.5, 0.6) is 0 Å². The van der Waals surface area contributed by atoms with E-state index in [0.717, 1.165) is 0 Å². The molecule has 0 aliphatic heterocycles. The maximum absolute atomic E-state index is 12.5. The molecule has 0 aliphatic rings. The summed E-state index contributed by atoms with van der Waals surface area (Å²) in [5.74, 6) is -4.36. The molecule has 4 atom stereocenters. The monoisotopic (exact) mass is 447 g/mol. The number of aliphatic hydroxyl groups is 2. The van der Waals surface area contributed by atoms with Crippen molar-refractivity contribution in [2.75, 3.05) is 19.8 Å². The minimum atomic E-state index is -1.46. The number of guanidine groups is 1. The van der Waals surface area contributed by atoms with Crippen molar-refractivity contribution < 1.29 is 34.5 Å². The summed E-state index contributed by atoms with van der Waals surface area (Å²) in [6, 6.07) is -5.10. The van der Waals surface area contributed by atoms with Crippen molar-refractivity contribution in [3.63, 3.8) is 0 Å². The van der Waals surface area contributed by atoms with Crippen molar-refractivity contribution in [1.29, 1.82) is 0 Å². The maximum atomic E-state index is 12.5. The third kappa shape index (κ3) is 10.6. The Morgan fingerprint density at radius 2 is 1.48 bits per heavy atom. The molecule has 14 nitrogen and oxygen atoms in total. The second kappa shape index (κ2) is 14.1. The quantitative estimate of drug-likeness (QED) is 0.0700. The van der Waals surface area contributed by atoms with E-state index < -0.39 is 67.0 Å². The third-order valence-electron chi connectivity index (χ3n) is 4.16. The molecular formula is C17H33N7O7. The highest BCUT2D eigenvalue weighted by molar-refractivity contribution is 5.94. The number of carboxylic acid groups (broad SMARTS) is 1. The highest BCUT2D eigenvalue weighted by atomic mass is 16.4. The molecular weight excluding hydrogens is 414 g/mol. The van der Waals surface area contributed by atoms with E-state index in [1.165, 1.54) is 0 Å². The van der Waals surface area contributed by atoms with E-state index in [4.69, 9.17) is 22.3 Å². The van der Waals surface area contributed by atoms with Gasteiger partial charge in [0.05, 0.1) is 13.2 Å². The van der Waals surface area contributed by atoms with Crippen LogP contribution in [0.15, 0.2) is 4.99 Å². The zero-order chi connectivity index (χ0) is 24.1. The van der Waals surface area contributed by atoms with E-state index >= 15 is 0 Å². The molecule has 12 N–H and O–H groups in total. The Morgan fingerprint density at radius 1 is 0.903 bits per heavy atom. The SMILES string of the molecule is CC(C)C(NC(=O)C(N)CO)C(=O)NC(CO)C(=O)NC(CCCN=C(N)N)C(=O)O. The normalized spacial score (nSPS) is 14.6. The molecule has 31 heavy (non-hydrogen) atoms.